The van der Waals surface area contributed by atoms with Gasteiger partial charge in [-0.3, -0.25) is 4.90 Å². The number of fused-ring (bicyclic) bond motifs is 2. The molecule has 0 saturated carbocycles. The third-order valence-electron chi connectivity index (χ3n) is 5.61. The molecule has 0 bridgehead atoms. The summed E-state index contributed by atoms with van der Waals surface area (Å²) in [6, 6.07) is 21.2. The van der Waals surface area contributed by atoms with E-state index in [1.54, 1.807) is 19.2 Å². The summed E-state index contributed by atoms with van der Waals surface area (Å²) in [5.74, 6) is 1.18. The summed E-state index contributed by atoms with van der Waals surface area (Å²) in [5, 5.41) is 0.996. The molecule has 146 valence electrons. The molecule has 1 aliphatic heterocycles. The maximum absolute atomic E-state index is 13.2. The molecule has 0 N–H and O–H groups in total. The van der Waals surface area contributed by atoms with Crippen LogP contribution in [0.15, 0.2) is 71.1 Å². The largest absolute Gasteiger partial charge is 0.493 e. The first kappa shape index (κ1) is 18.0. The summed E-state index contributed by atoms with van der Waals surface area (Å²) in [4.78, 5) is 2.46. The van der Waals surface area contributed by atoms with Crippen LogP contribution in [0.3, 0.4) is 0 Å². The van der Waals surface area contributed by atoms with Gasteiger partial charge in [-0.2, -0.15) is 0 Å². The molecule has 0 aliphatic carbocycles. The van der Waals surface area contributed by atoms with E-state index in [9.17, 15) is 4.39 Å². The Hall–Kier alpha value is -3.11. The molecule has 3 nitrogen and oxygen atoms in total. The minimum Gasteiger partial charge on any atom is -0.493 e. The fourth-order valence-electron chi connectivity index (χ4n) is 4.13. The standard InChI is InChI=1S/C25H22FNO2/c1-28-24-13-17(15-27-11-10-18-4-2-3-5-20(18)16-27)12-21-14-23(29-25(21)24)19-6-8-22(26)9-7-19/h2-9,12-14H,10-11,15-16H2,1H3. The van der Waals surface area contributed by atoms with Gasteiger partial charge in [0, 0.05) is 30.6 Å². The van der Waals surface area contributed by atoms with Gasteiger partial charge in [-0.15, -0.1) is 0 Å². The van der Waals surface area contributed by atoms with Crippen molar-refractivity contribution in [1.29, 1.82) is 0 Å². The first-order chi connectivity index (χ1) is 14.2. The van der Waals surface area contributed by atoms with Gasteiger partial charge >= 0.3 is 0 Å². The molecule has 0 unspecified atom stereocenters. The Morgan fingerprint density at radius 1 is 1.00 bits per heavy atom. The second kappa shape index (κ2) is 7.37. The molecule has 0 amide bonds. The summed E-state index contributed by atoms with van der Waals surface area (Å²) in [5.41, 5.74) is 5.63. The number of hydrogen-bond donors (Lipinski definition) is 0. The normalized spacial score (nSPS) is 14.1. The van der Waals surface area contributed by atoms with Crippen molar-refractivity contribution in [3.8, 4) is 17.1 Å². The maximum atomic E-state index is 13.2. The van der Waals surface area contributed by atoms with E-state index >= 15 is 0 Å². The van der Waals surface area contributed by atoms with Crippen LogP contribution in [-0.2, 0) is 19.5 Å². The van der Waals surface area contributed by atoms with E-state index in [1.807, 2.05) is 6.07 Å². The van der Waals surface area contributed by atoms with Crippen molar-refractivity contribution in [2.24, 2.45) is 0 Å². The highest BCUT2D eigenvalue weighted by Gasteiger charge is 2.18. The highest BCUT2D eigenvalue weighted by molar-refractivity contribution is 5.88. The highest BCUT2D eigenvalue weighted by Crippen LogP contribution is 2.35. The van der Waals surface area contributed by atoms with Crippen LogP contribution in [0.2, 0.25) is 0 Å². The van der Waals surface area contributed by atoms with Crippen molar-refractivity contribution >= 4 is 11.0 Å². The molecular formula is C25H22FNO2. The number of halogens is 1. The smallest absolute Gasteiger partial charge is 0.176 e. The first-order valence-electron chi connectivity index (χ1n) is 9.85. The van der Waals surface area contributed by atoms with E-state index in [0.717, 1.165) is 48.3 Å². The predicted octanol–water partition coefficient (Wildman–Crippen LogP) is 5.81. The Balaban J connectivity index is 1.45. The second-order valence-electron chi connectivity index (χ2n) is 7.56. The Morgan fingerprint density at radius 2 is 1.79 bits per heavy atom. The van der Waals surface area contributed by atoms with Crippen molar-refractivity contribution < 1.29 is 13.5 Å². The molecule has 0 fully saturated rings. The number of rotatable bonds is 4. The van der Waals surface area contributed by atoms with Crippen molar-refractivity contribution in [3.63, 3.8) is 0 Å². The quantitative estimate of drug-likeness (QED) is 0.442. The van der Waals surface area contributed by atoms with Gasteiger partial charge in [-0.05, 0) is 65.6 Å². The molecule has 1 aliphatic rings. The lowest BCUT2D eigenvalue weighted by Crippen LogP contribution is -2.29. The van der Waals surface area contributed by atoms with E-state index in [1.165, 1.54) is 28.8 Å². The van der Waals surface area contributed by atoms with Crippen LogP contribution < -0.4 is 4.74 Å². The van der Waals surface area contributed by atoms with Gasteiger partial charge < -0.3 is 9.15 Å². The fourth-order valence-corrected chi connectivity index (χ4v) is 4.13. The molecule has 29 heavy (non-hydrogen) atoms. The van der Waals surface area contributed by atoms with Crippen LogP contribution in [0.25, 0.3) is 22.3 Å². The Bertz CT molecular complexity index is 1160. The lowest BCUT2D eigenvalue weighted by Gasteiger charge is -2.28. The lowest BCUT2D eigenvalue weighted by atomic mass is 9.99. The zero-order valence-corrected chi connectivity index (χ0v) is 16.3. The molecule has 5 rings (SSSR count). The molecule has 3 aromatic carbocycles. The van der Waals surface area contributed by atoms with Gasteiger partial charge in [0.25, 0.3) is 0 Å². The molecule has 4 aromatic rings. The molecule has 0 radical (unpaired) electrons. The average molecular weight is 387 g/mol. The maximum Gasteiger partial charge on any atom is 0.176 e. The zero-order valence-electron chi connectivity index (χ0n) is 16.3. The molecule has 2 heterocycles. The molecule has 1 aromatic heterocycles. The van der Waals surface area contributed by atoms with Gasteiger partial charge in [-0.25, -0.2) is 4.39 Å². The lowest BCUT2D eigenvalue weighted by molar-refractivity contribution is 0.245. The Labute approximate surface area is 169 Å². The second-order valence-corrected chi connectivity index (χ2v) is 7.56. The third-order valence-corrected chi connectivity index (χ3v) is 5.61. The zero-order chi connectivity index (χ0) is 19.8. The van der Waals surface area contributed by atoms with Crippen LogP contribution in [0.4, 0.5) is 4.39 Å². The summed E-state index contributed by atoms with van der Waals surface area (Å²) in [7, 11) is 1.66. The topological polar surface area (TPSA) is 25.6 Å². The van der Waals surface area contributed by atoms with Crippen LogP contribution in [0.1, 0.15) is 16.7 Å². The van der Waals surface area contributed by atoms with Gasteiger partial charge in [0.1, 0.15) is 11.6 Å². The van der Waals surface area contributed by atoms with E-state index < -0.39 is 0 Å². The van der Waals surface area contributed by atoms with E-state index in [-0.39, 0.29) is 5.82 Å². The van der Waals surface area contributed by atoms with Crippen LogP contribution in [0.5, 0.6) is 5.75 Å². The minimum atomic E-state index is -0.257. The Kier molecular flexibility index (Phi) is 4.57. The van der Waals surface area contributed by atoms with Crippen LogP contribution in [0, 0.1) is 5.82 Å². The molecule has 0 saturated heterocycles. The molecular weight excluding hydrogens is 365 g/mol. The molecule has 4 heteroatoms. The molecule has 0 atom stereocenters. The van der Waals surface area contributed by atoms with Crippen molar-refractivity contribution in [3.05, 3.63) is 89.2 Å². The fraction of sp³-hybridized carbons (Fsp3) is 0.200. The first-order valence-corrected chi connectivity index (χ1v) is 9.85. The van der Waals surface area contributed by atoms with Gasteiger partial charge in [0.15, 0.2) is 11.3 Å². The number of benzene rings is 3. The number of methoxy groups -OCH3 is 1. The average Bonchev–Trinajstić information content (AvgIpc) is 3.17. The van der Waals surface area contributed by atoms with E-state index in [0.29, 0.717) is 5.76 Å². The summed E-state index contributed by atoms with van der Waals surface area (Å²) < 4.78 is 24.9. The summed E-state index contributed by atoms with van der Waals surface area (Å²) in [6.07, 6.45) is 1.08. The van der Waals surface area contributed by atoms with Crippen molar-refractivity contribution in [2.75, 3.05) is 13.7 Å². The summed E-state index contributed by atoms with van der Waals surface area (Å²) in [6.45, 7) is 2.87. The van der Waals surface area contributed by atoms with E-state index in [2.05, 4.69) is 41.3 Å². The number of nitrogens with zero attached hydrogens (tertiary/aromatic N) is 1. The van der Waals surface area contributed by atoms with Gasteiger partial charge in [0.2, 0.25) is 0 Å². The highest BCUT2D eigenvalue weighted by atomic mass is 19.1. The van der Waals surface area contributed by atoms with E-state index in [4.69, 9.17) is 9.15 Å². The van der Waals surface area contributed by atoms with Crippen LogP contribution in [-0.4, -0.2) is 18.6 Å². The molecule has 0 spiro atoms. The van der Waals surface area contributed by atoms with Crippen molar-refractivity contribution in [2.45, 2.75) is 19.5 Å². The van der Waals surface area contributed by atoms with Crippen LogP contribution >= 0.6 is 0 Å². The van der Waals surface area contributed by atoms with Gasteiger partial charge in [-0.1, -0.05) is 24.3 Å². The van der Waals surface area contributed by atoms with Crippen molar-refractivity contribution in [1.82, 2.24) is 4.90 Å². The van der Waals surface area contributed by atoms with Gasteiger partial charge in [0.05, 0.1) is 7.11 Å². The SMILES string of the molecule is COc1cc(CN2CCc3ccccc3C2)cc2cc(-c3ccc(F)cc3)oc12. The number of ether oxygens (including phenoxy) is 1. The number of hydrogen-bond acceptors (Lipinski definition) is 3. The Morgan fingerprint density at radius 3 is 2.59 bits per heavy atom. The third kappa shape index (κ3) is 3.52. The summed E-state index contributed by atoms with van der Waals surface area (Å²) >= 11 is 0. The minimum absolute atomic E-state index is 0.257. The predicted molar refractivity (Wildman–Crippen MR) is 112 cm³/mol. The number of furan rings is 1. The monoisotopic (exact) mass is 387 g/mol.